The molecule has 1 aliphatic rings. The minimum Gasteiger partial charge on any atom is -0.497 e. The van der Waals surface area contributed by atoms with Crippen LogP contribution >= 0.6 is 11.6 Å². The van der Waals surface area contributed by atoms with Crippen LogP contribution in [0.3, 0.4) is 0 Å². The van der Waals surface area contributed by atoms with E-state index in [2.05, 4.69) is 0 Å². The summed E-state index contributed by atoms with van der Waals surface area (Å²) in [6.45, 7) is 2.00. The Hall–Kier alpha value is -3.26. The first-order valence-electron chi connectivity index (χ1n) is 9.47. The lowest BCUT2D eigenvalue weighted by atomic mass is 10.1. The average Bonchev–Trinajstić information content (AvgIpc) is 3.15. The number of nitro groups is 1. The predicted molar refractivity (Wildman–Crippen MR) is 113 cm³/mol. The molecule has 1 aliphatic heterocycles. The molecule has 0 spiro atoms. The van der Waals surface area contributed by atoms with Gasteiger partial charge in [-0.25, -0.2) is 0 Å². The summed E-state index contributed by atoms with van der Waals surface area (Å²) in [7, 11) is 1.59. The number of piperazine rings is 1. The van der Waals surface area contributed by atoms with Gasteiger partial charge in [0.05, 0.1) is 24.7 Å². The normalized spacial score (nSPS) is 14.2. The smallest absolute Gasteiger partial charge is 0.294 e. The van der Waals surface area contributed by atoms with Crippen LogP contribution in [-0.4, -0.2) is 49.0 Å². The van der Waals surface area contributed by atoms with Crippen LogP contribution < -0.4 is 9.64 Å². The van der Waals surface area contributed by atoms with Crippen LogP contribution in [0.15, 0.2) is 47.1 Å². The van der Waals surface area contributed by atoms with Crippen LogP contribution in [-0.2, 0) is 11.2 Å². The topological polar surface area (TPSA) is 89.1 Å². The lowest BCUT2D eigenvalue weighted by molar-refractivity contribution is -0.384. The molecule has 4 rings (SSSR count). The SMILES string of the molecule is COc1ccc2c(CC(=O)N3CCN(c4ccc(Cl)cc4[N+](=O)[O-])CC3)coc2c1. The lowest BCUT2D eigenvalue weighted by Crippen LogP contribution is -2.49. The van der Waals surface area contributed by atoms with Crippen molar-refractivity contribution in [2.24, 2.45) is 0 Å². The van der Waals surface area contributed by atoms with E-state index in [1.807, 2.05) is 17.0 Å². The number of carbonyl (C=O) groups excluding carboxylic acids is 1. The standard InChI is InChI=1S/C21H20ClN3O5/c1-29-16-3-4-17-14(13-30-20(17)12-16)10-21(26)24-8-6-23(7-9-24)18-5-2-15(22)11-19(18)25(27)28/h2-5,11-13H,6-10H2,1H3. The number of nitro benzene ring substituents is 1. The van der Waals surface area contributed by atoms with Crippen molar-refractivity contribution in [2.45, 2.75) is 6.42 Å². The Kier molecular flexibility index (Phi) is 5.50. The molecular weight excluding hydrogens is 410 g/mol. The number of hydrogen-bond acceptors (Lipinski definition) is 6. The van der Waals surface area contributed by atoms with Crippen LogP contribution in [0.4, 0.5) is 11.4 Å². The van der Waals surface area contributed by atoms with E-state index in [1.165, 1.54) is 6.07 Å². The number of amides is 1. The Balaban J connectivity index is 1.42. The number of ether oxygens (including phenoxy) is 1. The fourth-order valence-corrected chi connectivity index (χ4v) is 3.88. The Labute approximate surface area is 177 Å². The van der Waals surface area contributed by atoms with Gasteiger partial charge < -0.3 is 19.0 Å². The van der Waals surface area contributed by atoms with Crippen molar-refractivity contribution in [3.63, 3.8) is 0 Å². The van der Waals surface area contributed by atoms with Gasteiger partial charge in [-0.05, 0) is 24.3 Å². The zero-order valence-electron chi connectivity index (χ0n) is 16.3. The largest absolute Gasteiger partial charge is 0.497 e. The number of benzene rings is 2. The number of furan rings is 1. The maximum Gasteiger partial charge on any atom is 0.294 e. The fourth-order valence-electron chi connectivity index (χ4n) is 3.71. The van der Waals surface area contributed by atoms with Crippen molar-refractivity contribution in [3.05, 3.63) is 63.4 Å². The van der Waals surface area contributed by atoms with E-state index in [0.29, 0.717) is 48.2 Å². The van der Waals surface area contributed by atoms with Crippen LogP contribution in [0.1, 0.15) is 5.56 Å². The van der Waals surface area contributed by atoms with Crippen molar-refractivity contribution >= 4 is 39.9 Å². The number of halogens is 1. The van der Waals surface area contributed by atoms with Gasteiger partial charge in [-0.2, -0.15) is 0 Å². The highest BCUT2D eigenvalue weighted by Gasteiger charge is 2.26. The Morgan fingerprint density at radius 2 is 1.97 bits per heavy atom. The zero-order valence-corrected chi connectivity index (χ0v) is 17.1. The molecule has 0 aliphatic carbocycles. The Morgan fingerprint density at radius 3 is 2.67 bits per heavy atom. The summed E-state index contributed by atoms with van der Waals surface area (Å²) in [5.41, 5.74) is 2.00. The van der Waals surface area contributed by atoms with E-state index in [4.69, 9.17) is 20.8 Å². The van der Waals surface area contributed by atoms with Crippen molar-refractivity contribution in [1.29, 1.82) is 0 Å². The van der Waals surface area contributed by atoms with E-state index in [0.717, 1.165) is 10.9 Å². The van der Waals surface area contributed by atoms with Crippen LogP contribution in [0.2, 0.25) is 5.02 Å². The van der Waals surface area contributed by atoms with E-state index in [9.17, 15) is 14.9 Å². The quantitative estimate of drug-likeness (QED) is 0.451. The van der Waals surface area contributed by atoms with Crippen molar-refractivity contribution in [3.8, 4) is 5.75 Å². The number of hydrogen-bond donors (Lipinski definition) is 0. The first-order chi connectivity index (χ1) is 14.5. The summed E-state index contributed by atoms with van der Waals surface area (Å²) in [5.74, 6) is 0.695. The van der Waals surface area contributed by atoms with Crippen molar-refractivity contribution in [2.75, 3.05) is 38.2 Å². The minimum absolute atomic E-state index is 0.00114. The molecule has 156 valence electrons. The second-order valence-corrected chi connectivity index (χ2v) is 7.49. The number of anilines is 1. The number of methoxy groups -OCH3 is 1. The van der Waals surface area contributed by atoms with Gasteiger partial charge in [0.15, 0.2) is 0 Å². The highest BCUT2D eigenvalue weighted by atomic mass is 35.5. The van der Waals surface area contributed by atoms with Gasteiger partial charge >= 0.3 is 0 Å². The molecule has 3 aromatic rings. The molecule has 0 radical (unpaired) electrons. The summed E-state index contributed by atoms with van der Waals surface area (Å²) < 4.78 is 10.8. The second-order valence-electron chi connectivity index (χ2n) is 7.06. The maximum atomic E-state index is 12.8. The monoisotopic (exact) mass is 429 g/mol. The van der Waals surface area contributed by atoms with Gasteiger partial charge in [-0.1, -0.05) is 11.6 Å². The summed E-state index contributed by atoms with van der Waals surface area (Å²) >= 11 is 5.90. The molecule has 0 bridgehead atoms. The third-order valence-electron chi connectivity index (χ3n) is 5.31. The van der Waals surface area contributed by atoms with Gasteiger partial charge in [-0.15, -0.1) is 0 Å². The third-order valence-corrected chi connectivity index (χ3v) is 5.55. The summed E-state index contributed by atoms with van der Waals surface area (Å²) in [5, 5.41) is 12.6. The molecule has 1 amide bonds. The van der Waals surface area contributed by atoms with Gasteiger partial charge in [0, 0.05) is 54.3 Å². The van der Waals surface area contributed by atoms with E-state index in [-0.39, 0.29) is 18.0 Å². The first kappa shape index (κ1) is 20.0. The van der Waals surface area contributed by atoms with Gasteiger partial charge in [-0.3, -0.25) is 14.9 Å². The van der Waals surface area contributed by atoms with Gasteiger partial charge in [0.2, 0.25) is 5.91 Å². The van der Waals surface area contributed by atoms with Crippen LogP contribution in [0.25, 0.3) is 11.0 Å². The van der Waals surface area contributed by atoms with Crippen molar-refractivity contribution in [1.82, 2.24) is 4.90 Å². The third kappa shape index (κ3) is 3.91. The summed E-state index contributed by atoms with van der Waals surface area (Å²) in [6, 6.07) is 10.2. The molecule has 1 saturated heterocycles. The molecule has 0 unspecified atom stereocenters. The van der Waals surface area contributed by atoms with Crippen LogP contribution in [0.5, 0.6) is 5.75 Å². The molecule has 1 aromatic heterocycles. The van der Waals surface area contributed by atoms with Crippen molar-refractivity contribution < 1.29 is 18.9 Å². The van der Waals surface area contributed by atoms with Gasteiger partial charge in [0.25, 0.3) is 5.69 Å². The molecule has 9 heteroatoms. The molecule has 0 atom stereocenters. The van der Waals surface area contributed by atoms with E-state index >= 15 is 0 Å². The minimum atomic E-state index is -0.433. The summed E-state index contributed by atoms with van der Waals surface area (Å²) in [6.07, 6.45) is 1.84. The Bertz CT molecular complexity index is 1110. The highest BCUT2D eigenvalue weighted by Crippen LogP contribution is 2.32. The first-order valence-corrected chi connectivity index (χ1v) is 9.85. The molecule has 30 heavy (non-hydrogen) atoms. The fraction of sp³-hybridized carbons (Fsp3) is 0.286. The van der Waals surface area contributed by atoms with Crippen LogP contribution in [0, 0.1) is 10.1 Å². The molecule has 8 nitrogen and oxygen atoms in total. The summed E-state index contributed by atoms with van der Waals surface area (Å²) in [4.78, 5) is 27.4. The number of nitrogens with zero attached hydrogens (tertiary/aromatic N) is 3. The highest BCUT2D eigenvalue weighted by molar-refractivity contribution is 6.30. The second kappa shape index (κ2) is 8.23. The van der Waals surface area contributed by atoms with E-state index in [1.54, 1.807) is 36.5 Å². The predicted octanol–water partition coefficient (Wildman–Crippen LogP) is 3.89. The zero-order chi connectivity index (χ0) is 21.3. The lowest BCUT2D eigenvalue weighted by Gasteiger charge is -2.35. The Morgan fingerprint density at radius 1 is 1.20 bits per heavy atom. The molecule has 2 heterocycles. The maximum absolute atomic E-state index is 12.8. The number of fused-ring (bicyclic) bond motifs is 1. The molecule has 0 N–H and O–H groups in total. The molecule has 2 aromatic carbocycles. The molecule has 1 fully saturated rings. The molecular formula is C21H20ClN3O5. The number of rotatable bonds is 5. The van der Waals surface area contributed by atoms with E-state index < -0.39 is 4.92 Å². The average molecular weight is 430 g/mol. The number of carbonyl (C=O) groups is 1. The van der Waals surface area contributed by atoms with Gasteiger partial charge in [0.1, 0.15) is 17.0 Å². The molecule has 0 saturated carbocycles.